The Labute approximate surface area is 149 Å². The van der Waals surface area contributed by atoms with Crippen molar-refractivity contribution in [1.82, 2.24) is 4.57 Å². The van der Waals surface area contributed by atoms with Gasteiger partial charge in [0.05, 0.1) is 17.2 Å². The van der Waals surface area contributed by atoms with Crippen LogP contribution in [0.5, 0.6) is 0 Å². The molecule has 0 aliphatic carbocycles. The first kappa shape index (κ1) is 16.6. The van der Waals surface area contributed by atoms with Gasteiger partial charge in [-0.2, -0.15) is 5.26 Å². The van der Waals surface area contributed by atoms with E-state index in [0.29, 0.717) is 16.3 Å². The van der Waals surface area contributed by atoms with E-state index in [9.17, 15) is 10.1 Å². The van der Waals surface area contributed by atoms with Gasteiger partial charge in [-0.1, -0.05) is 29.8 Å². The lowest BCUT2D eigenvalue weighted by Crippen LogP contribution is -2.00. The minimum atomic E-state index is -0.982. The molecule has 0 amide bonds. The monoisotopic (exact) mass is 348 g/mol. The number of carboxylic acid groups (broad SMARTS) is 1. The van der Waals surface area contributed by atoms with Crippen molar-refractivity contribution in [3.63, 3.8) is 0 Å². The van der Waals surface area contributed by atoms with Crippen LogP contribution in [-0.2, 0) is 0 Å². The summed E-state index contributed by atoms with van der Waals surface area (Å²) in [6, 6.07) is 19.6. The third-order valence-corrected chi connectivity index (χ3v) is 3.97. The second-order valence-corrected chi connectivity index (χ2v) is 5.77. The number of hydrogen-bond donors (Lipinski definition) is 1. The van der Waals surface area contributed by atoms with Crippen LogP contribution in [0.15, 0.2) is 66.9 Å². The van der Waals surface area contributed by atoms with Gasteiger partial charge in [-0.15, -0.1) is 0 Å². The molecule has 0 saturated heterocycles. The highest BCUT2D eigenvalue weighted by atomic mass is 35.5. The number of nitrogens with zero attached hydrogens (tertiary/aromatic N) is 2. The molecular weight excluding hydrogens is 336 g/mol. The summed E-state index contributed by atoms with van der Waals surface area (Å²) in [5.74, 6) is -0.982. The van der Waals surface area contributed by atoms with Crippen LogP contribution in [0.1, 0.15) is 21.6 Å². The lowest BCUT2D eigenvalue weighted by molar-refractivity contribution is 0.0697. The molecule has 0 spiro atoms. The molecule has 0 radical (unpaired) electrons. The van der Waals surface area contributed by atoms with Crippen LogP contribution >= 0.6 is 11.6 Å². The van der Waals surface area contributed by atoms with Crippen LogP contribution in [0.25, 0.3) is 17.3 Å². The van der Waals surface area contributed by atoms with Gasteiger partial charge in [-0.05, 0) is 54.1 Å². The fraction of sp³-hybridized carbons (Fsp3) is 0. The van der Waals surface area contributed by atoms with Crippen molar-refractivity contribution in [3.05, 3.63) is 88.7 Å². The zero-order valence-electron chi connectivity index (χ0n) is 13.1. The number of carboxylic acids is 1. The first-order valence-electron chi connectivity index (χ1n) is 7.47. The molecule has 4 nitrogen and oxygen atoms in total. The predicted octanol–water partition coefficient (Wildman–Crippen LogP) is 4.89. The summed E-state index contributed by atoms with van der Waals surface area (Å²) in [5.41, 5.74) is 2.95. The molecule has 0 bridgehead atoms. The van der Waals surface area contributed by atoms with Crippen molar-refractivity contribution in [2.24, 2.45) is 0 Å². The lowest BCUT2D eigenvalue weighted by Gasteiger charge is -2.08. The molecule has 1 N–H and O–H groups in total. The SMILES string of the molecule is N#C/C(=C/c1cccn1-c1cccc(C(=O)O)c1)c1ccc(Cl)cc1. The van der Waals surface area contributed by atoms with Crippen LogP contribution in [-0.4, -0.2) is 15.6 Å². The van der Waals surface area contributed by atoms with E-state index in [0.717, 1.165) is 11.3 Å². The first-order chi connectivity index (χ1) is 12.1. The standard InChI is InChI=1S/C20H13ClN2O2/c21-17-8-6-14(7-9-17)16(13-22)12-19-5-2-10-23(19)18-4-1-3-15(11-18)20(24)25/h1-12H,(H,24,25)/b16-12-. The maximum Gasteiger partial charge on any atom is 0.335 e. The molecule has 0 aliphatic rings. The molecule has 5 heteroatoms. The van der Waals surface area contributed by atoms with Gasteiger partial charge in [0, 0.05) is 22.6 Å². The van der Waals surface area contributed by atoms with E-state index in [1.807, 2.05) is 29.0 Å². The topological polar surface area (TPSA) is 66.0 Å². The van der Waals surface area contributed by atoms with E-state index in [4.69, 9.17) is 16.7 Å². The Bertz CT molecular complexity index is 995. The zero-order chi connectivity index (χ0) is 17.8. The lowest BCUT2D eigenvalue weighted by atomic mass is 10.1. The molecule has 1 aromatic heterocycles. The van der Waals surface area contributed by atoms with Gasteiger partial charge >= 0.3 is 5.97 Å². The van der Waals surface area contributed by atoms with Crippen molar-refractivity contribution in [3.8, 4) is 11.8 Å². The van der Waals surface area contributed by atoms with Crippen molar-refractivity contribution in [1.29, 1.82) is 5.26 Å². The van der Waals surface area contributed by atoms with Crippen LogP contribution in [0, 0.1) is 11.3 Å². The number of rotatable bonds is 4. The summed E-state index contributed by atoms with van der Waals surface area (Å²) in [4.78, 5) is 11.2. The first-order valence-corrected chi connectivity index (χ1v) is 7.85. The van der Waals surface area contributed by atoms with Crippen molar-refractivity contribution in [2.45, 2.75) is 0 Å². The van der Waals surface area contributed by atoms with Crippen molar-refractivity contribution < 1.29 is 9.90 Å². The van der Waals surface area contributed by atoms with Gasteiger partial charge in [0.15, 0.2) is 0 Å². The summed E-state index contributed by atoms with van der Waals surface area (Å²) in [7, 11) is 0. The number of nitriles is 1. The average Bonchev–Trinajstić information content (AvgIpc) is 3.09. The Morgan fingerprint density at radius 1 is 1.08 bits per heavy atom. The Morgan fingerprint density at radius 2 is 1.84 bits per heavy atom. The Kier molecular flexibility index (Phi) is 4.69. The fourth-order valence-electron chi connectivity index (χ4n) is 2.49. The summed E-state index contributed by atoms with van der Waals surface area (Å²) < 4.78 is 1.83. The van der Waals surface area contributed by atoms with E-state index in [2.05, 4.69) is 6.07 Å². The minimum Gasteiger partial charge on any atom is -0.478 e. The van der Waals surface area contributed by atoms with Gasteiger partial charge in [-0.3, -0.25) is 0 Å². The number of allylic oxidation sites excluding steroid dienone is 1. The Hall–Kier alpha value is -3.29. The maximum absolute atomic E-state index is 11.2. The van der Waals surface area contributed by atoms with Crippen LogP contribution in [0.4, 0.5) is 0 Å². The maximum atomic E-state index is 11.2. The number of hydrogen-bond acceptors (Lipinski definition) is 2. The molecular formula is C20H13ClN2O2. The van der Waals surface area contributed by atoms with E-state index >= 15 is 0 Å². The highest BCUT2D eigenvalue weighted by Crippen LogP contribution is 2.22. The number of halogens is 1. The number of aromatic nitrogens is 1. The van der Waals surface area contributed by atoms with Gasteiger partial charge in [0.2, 0.25) is 0 Å². The average molecular weight is 349 g/mol. The number of carbonyl (C=O) groups is 1. The van der Waals surface area contributed by atoms with E-state index in [1.165, 1.54) is 0 Å². The molecule has 2 aromatic carbocycles. The van der Waals surface area contributed by atoms with Gasteiger partial charge in [0.25, 0.3) is 0 Å². The van der Waals surface area contributed by atoms with Crippen molar-refractivity contribution in [2.75, 3.05) is 0 Å². The second-order valence-electron chi connectivity index (χ2n) is 5.34. The molecule has 0 atom stereocenters. The van der Waals surface area contributed by atoms with E-state index in [-0.39, 0.29) is 5.56 Å². The van der Waals surface area contributed by atoms with Crippen LogP contribution in [0.2, 0.25) is 5.02 Å². The van der Waals surface area contributed by atoms with Gasteiger partial charge in [-0.25, -0.2) is 4.79 Å². The molecule has 0 saturated carbocycles. The zero-order valence-corrected chi connectivity index (χ0v) is 13.8. The molecule has 122 valence electrons. The largest absolute Gasteiger partial charge is 0.478 e. The third-order valence-electron chi connectivity index (χ3n) is 3.72. The highest BCUT2D eigenvalue weighted by molar-refractivity contribution is 6.30. The predicted molar refractivity (Wildman–Crippen MR) is 97.7 cm³/mol. The summed E-state index contributed by atoms with van der Waals surface area (Å²) >= 11 is 5.89. The molecule has 0 aliphatic heterocycles. The Balaban J connectivity index is 2.04. The second kappa shape index (κ2) is 7.08. The third kappa shape index (κ3) is 3.63. The van der Waals surface area contributed by atoms with Crippen molar-refractivity contribution >= 4 is 29.2 Å². The quantitative estimate of drug-likeness (QED) is 0.682. The van der Waals surface area contributed by atoms with E-state index < -0.39 is 5.97 Å². The summed E-state index contributed by atoms with van der Waals surface area (Å²) in [5, 5.41) is 19.2. The summed E-state index contributed by atoms with van der Waals surface area (Å²) in [6.45, 7) is 0. The molecule has 1 heterocycles. The Morgan fingerprint density at radius 3 is 2.52 bits per heavy atom. The smallest absolute Gasteiger partial charge is 0.335 e. The molecule has 0 fully saturated rings. The fourth-order valence-corrected chi connectivity index (χ4v) is 2.62. The number of benzene rings is 2. The minimum absolute atomic E-state index is 0.208. The molecule has 3 aromatic rings. The molecule has 0 unspecified atom stereocenters. The summed E-state index contributed by atoms with van der Waals surface area (Å²) in [6.07, 6.45) is 3.58. The number of aromatic carboxylic acids is 1. The normalized spacial score (nSPS) is 11.1. The van der Waals surface area contributed by atoms with Gasteiger partial charge in [0.1, 0.15) is 0 Å². The molecule has 25 heavy (non-hydrogen) atoms. The van der Waals surface area contributed by atoms with Gasteiger partial charge < -0.3 is 9.67 Å². The van der Waals surface area contributed by atoms with Crippen LogP contribution < -0.4 is 0 Å². The van der Waals surface area contributed by atoms with Crippen LogP contribution in [0.3, 0.4) is 0 Å². The highest BCUT2D eigenvalue weighted by Gasteiger charge is 2.08. The molecule has 3 rings (SSSR count). The van der Waals surface area contributed by atoms with E-state index in [1.54, 1.807) is 48.5 Å².